The van der Waals surface area contributed by atoms with Gasteiger partial charge in [0.2, 0.25) is 11.8 Å². The minimum Gasteiger partial charge on any atom is -0.411 e. The third-order valence-corrected chi connectivity index (χ3v) is 4.63. The van der Waals surface area contributed by atoms with Gasteiger partial charge >= 0.3 is 0 Å². The molecule has 0 saturated heterocycles. The van der Waals surface area contributed by atoms with Crippen molar-refractivity contribution in [2.75, 3.05) is 0 Å². The summed E-state index contributed by atoms with van der Waals surface area (Å²) >= 11 is 1.39. The highest BCUT2D eigenvalue weighted by Crippen LogP contribution is 2.28. The van der Waals surface area contributed by atoms with E-state index in [0.717, 1.165) is 17.8 Å². The maximum Gasteiger partial charge on any atom is 0.277 e. The van der Waals surface area contributed by atoms with Crippen molar-refractivity contribution in [1.29, 1.82) is 0 Å². The van der Waals surface area contributed by atoms with Crippen LogP contribution in [0.3, 0.4) is 0 Å². The highest BCUT2D eigenvalue weighted by atomic mass is 32.2. The second kappa shape index (κ2) is 7.61. The Morgan fingerprint density at radius 2 is 1.81 bits per heavy atom. The largest absolute Gasteiger partial charge is 0.411 e. The maximum atomic E-state index is 5.74. The van der Waals surface area contributed by atoms with E-state index in [4.69, 9.17) is 8.94 Å². The van der Waals surface area contributed by atoms with E-state index in [2.05, 4.69) is 67.1 Å². The Hall–Kier alpha value is -2.15. The van der Waals surface area contributed by atoms with Crippen molar-refractivity contribution in [3.8, 4) is 11.5 Å². The van der Waals surface area contributed by atoms with Gasteiger partial charge in [0.15, 0.2) is 5.82 Å². The van der Waals surface area contributed by atoms with Crippen molar-refractivity contribution >= 4 is 11.8 Å². The number of nitrogens with zero attached hydrogens (tertiary/aromatic N) is 4. The normalized spacial score (nSPS) is 12.1. The van der Waals surface area contributed by atoms with Gasteiger partial charge in [-0.05, 0) is 29.0 Å². The van der Waals surface area contributed by atoms with Crippen LogP contribution in [0.5, 0.6) is 0 Å². The molecule has 0 aliphatic rings. The van der Waals surface area contributed by atoms with Gasteiger partial charge in [0, 0.05) is 12.0 Å². The van der Waals surface area contributed by atoms with Gasteiger partial charge in [0.1, 0.15) is 0 Å². The zero-order valence-corrected chi connectivity index (χ0v) is 16.6. The zero-order chi connectivity index (χ0) is 18.7. The lowest BCUT2D eigenvalue weighted by atomic mass is 9.87. The van der Waals surface area contributed by atoms with E-state index < -0.39 is 0 Å². The first-order valence-electron chi connectivity index (χ1n) is 8.70. The molecule has 0 N–H and O–H groups in total. The average molecular weight is 372 g/mol. The highest BCUT2D eigenvalue weighted by molar-refractivity contribution is 7.98. The molecular formula is C19H24N4O2S. The Kier molecular flexibility index (Phi) is 5.46. The fraction of sp³-hybridized carbons (Fsp3) is 0.474. The van der Waals surface area contributed by atoms with Crippen LogP contribution in [0.4, 0.5) is 0 Å². The number of thioether (sulfide) groups is 1. The van der Waals surface area contributed by atoms with E-state index in [1.165, 1.54) is 17.3 Å². The van der Waals surface area contributed by atoms with E-state index in [1.54, 1.807) is 0 Å². The van der Waals surface area contributed by atoms with Crippen LogP contribution in [-0.4, -0.2) is 20.3 Å². The second-order valence-electron chi connectivity index (χ2n) is 7.69. The molecule has 0 amide bonds. The first kappa shape index (κ1) is 18.6. The Morgan fingerprint density at radius 1 is 1.08 bits per heavy atom. The molecule has 0 spiro atoms. The summed E-state index contributed by atoms with van der Waals surface area (Å²) in [5.74, 6) is 2.83. The summed E-state index contributed by atoms with van der Waals surface area (Å²) < 4.78 is 11.0. The van der Waals surface area contributed by atoms with Gasteiger partial charge in [-0.1, -0.05) is 63.7 Å². The first-order valence-corrected chi connectivity index (χ1v) is 9.68. The van der Waals surface area contributed by atoms with Crippen molar-refractivity contribution in [3.05, 3.63) is 41.5 Å². The predicted octanol–water partition coefficient (Wildman–Crippen LogP) is 4.91. The predicted molar refractivity (Wildman–Crippen MR) is 101 cm³/mol. The molecule has 2 heterocycles. The van der Waals surface area contributed by atoms with Crippen molar-refractivity contribution in [2.45, 2.75) is 57.4 Å². The third kappa shape index (κ3) is 4.72. The Labute approximate surface area is 157 Å². The van der Waals surface area contributed by atoms with Crippen molar-refractivity contribution in [1.82, 2.24) is 20.3 Å². The lowest BCUT2D eigenvalue weighted by Crippen LogP contribution is -2.10. The molecule has 138 valence electrons. The van der Waals surface area contributed by atoms with Gasteiger partial charge in [-0.2, -0.15) is 4.98 Å². The summed E-state index contributed by atoms with van der Waals surface area (Å²) in [6, 6.07) is 8.22. The Bertz CT molecular complexity index is 847. The fourth-order valence-corrected chi connectivity index (χ4v) is 3.02. The van der Waals surface area contributed by atoms with Gasteiger partial charge in [-0.15, -0.1) is 10.2 Å². The Morgan fingerprint density at radius 3 is 2.46 bits per heavy atom. The maximum absolute atomic E-state index is 5.74. The van der Waals surface area contributed by atoms with Crippen LogP contribution in [0.1, 0.15) is 51.9 Å². The van der Waals surface area contributed by atoms with Gasteiger partial charge in [0.05, 0.1) is 5.75 Å². The Balaban J connectivity index is 1.62. The van der Waals surface area contributed by atoms with Crippen molar-refractivity contribution in [3.63, 3.8) is 0 Å². The summed E-state index contributed by atoms with van der Waals surface area (Å²) in [5, 5.41) is 12.7. The van der Waals surface area contributed by atoms with Crippen LogP contribution >= 0.6 is 11.8 Å². The van der Waals surface area contributed by atoms with Crippen molar-refractivity contribution in [2.24, 2.45) is 5.92 Å². The zero-order valence-electron chi connectivity index (χ0n) is 15.8. The van der Waals surface area contributed by atoms with Gasteiger partial charge < -0.3 is 8.94 Å². The molecule has 7 heteroatoms. The van der Waals surface area contributed by atoms with Crippen LogP contribution in [-0.2, 0) is 17.6 Å². The molecule has 26 heavy (non-hydrogen) atoms. The molecule has 0 radical (unpaired) electrons. The topological polar surface area (TPSA) is 77.8 Å². The molecule has 0 unspecified atom stereocenters. The van der Waals surface area contributed by atoms with E-state index >= 15 is 0 Å². The minimum absolute atomic E-state index is 0.118. The molecule has 0 bridgehead atoms. The molecule has 2 aromatic heterocycles. The SMILES string of the molecule is CC(C)Cc1noc(CSc2nnc(-c3ccc(C(C)(C)C)cc3)o2)n1. The summed E-state index contributed by atoms with van der Waals surface area (Å²) in [6.45, 7) is 10.8. The molecule has 3 rings (SSSR count). The summed E-state index contributed by atoms with van der Waals surface area (Å²) in [5.41, 5.74) is 2.30. The van der Waals surface area contributed by atoms with Gasteiger partial charge in [0.25, 0.3) is 5.22 Å². The van der Waals surface area contributed by atoms with E-state index in [-0.39, 0.29) is 5.41 Å². The molecule has 6 nitrogen and oxygen atoms in total. The third-order valence-electron chi connectivity index (χ3n) is 3.82. The molecule has 0 atom stereocenters. The quantitative estimate of drug-likeness (QED) is 0.569. The molecule has 0 aliphatic carbocycles. The molecule has 0 fully saturated rings. The van der Waals surface area contributed by atoms with Crippen LogP contribution in [0.25, 0.3) is 11.5 Å². The lowest BCUT2D eigenvalue weighted by molar-refractivity contribution is 0.381. The molecule has 3 aromatic rings. The van der Waals surface area contributed by atoms with E-state index in [1.807, 2.05) is 12.1 Å². The van der Waals surface area contributed by atoms with Crippen LogP contribution in [0.15, 0.2) is 38.4 Å². The number of rotatable bonds is 6. The van der Waals surface area contributed by atoms with Crippen LogP contribution in [0, 0.1) is 5.92 Å². The monoisotopic (exact) mass is 372 g/mol. The smallest absolute Gasteiger partial charge is 0.277 e. The average Bonchev–Trinajstić information content (AvgIpc) is 3.21. The summed E-state index contributed by atoms with van der Waals surface area (Å²) in [6.07, 6.45) is 0.809. The molecule has 1 aromatic carbocycles. The van der Waals surface area contributed by atoms with Crippen molar-refractivity contribution < 1.29 is 8.94 Å². The summed E-state index contributed by atoms with van der Waals surface area (Å²) in [4.78, 5) is 4.37. The standard InChI is InChI=1S/C19H24N4O2S/c1-12(2)10-15-20-16(25-23-15)11-26-18-22-21-17(24-18)13-6-8-14(9-7-13)19(3,4)5/h6-9,12H,10-11H2,1-5H3. The molecule has 0 saturated carbocycles. The number of benzene rings is 1. The van der Waals surface area contributed by atoms with E-state index in [0.29, 0.717) is 28.7 Å². The lowest BCUT2D eigenvalue weighted by Gasteiger charge is -2.18. The van der Waals surface area contributed by atoms with Gasteiger partial charge in [-0.3, -0.25) is 0 Å². The fourth-order valence-electron chi connectivity index (χ4n) is 2.42. The number of hydrogen-bond acceptors (Lipinski definition) is 7. The summed E-state index contributed by atoms with van der Waals surface area (Å²) in [7, 11) is 0. The minimum atomic E-state index is 0.118. The first-order chi connectivity index (χ1) is 12.3. The molecule has 0 aliphatic heterocycles. The number of aromatic nitrogens is 4. The van der Waals surface area contributed by atoms with Gasteiger partial charge in [-0.25, -0.2) is 0 Å². The highest BCUT2D eigenvalue weighted by Gasteiger charge is 2.15. The van der Waals surface area contributed by atoms with Crippen LogP contribution < -0.4 is 0 Å². The van der Waals surface area contributed by atoms with Crippen LogP contribution in [0.2, 0.25) is 0 Å². The number of hydrogen-bond donors (Lipinski definition) is 0. The van der Waals surface area contributed by atoms with E-state index in [9.17, 15) is 0 Å². The second-order valence-corrected chi connectivity index (χ2v) is 8.62. The molecular weight excluding hydrogens is 348 g/mol.